The van der Waals surface area contributed by atoms with E-state index < -0.39 is 30.4 Å². The second-order valence-electron chi connectivity index (χ2n) is 6.95. The number of aliphatic hydroxyl groups excluding tert-OH is 2. The van der Waals surface area contributed by atoms with Gasteiger partial charge in [0.05, 0.1) is 18.3 Å². The maximum absolute atomic E-state index is 12.0. The number of aryl methyl sites for hydroxylation is 2. The van der Waals surface area contributed by atoms with Crippen molar-refractivity contribution in [3.8, 4) is 0 Å². The highest BCUT2D eigenvalue weighted by Gasteiger charge is 2.48. The molecule has 0 aliphatic carbocycles. The normalized spacial score (nSPS) is 30.4. The highest BCUT2D eigenvalue weighted by molar-refractivity contribution is 5.81. The number of nitrogens with zero attached hydrogens (tertiary/aromatic N) is 2. The summed E-state index contributed by atoms with van der Waals surface area (Å²) >= 11 is 0. The van der Waals surface area contributed by atoms with Crippen LogP contribution in [-0.4, -0.2) is 50.6 Å². The number of carbonyl (C=O) groups is 1. The van der Waals surface area contributed by atoms with E-state index in [0.717, 1.165) is 18.5 Å². The number of ether oxygens (including phenoxy) is 1. The molecular weight excluding hydrogens is 334 g/mol. The number of morpholine rings is 1. The predicted octanol–water partition coefficient (Wildman–Crippen LogP) is 0.521. The van der Waals surface area contributed by atoms with E-state index in [1.807, 2.05) is 24.4 Å². The van der Waals surface area contributed by atoms with Crippen molar-refractivity contribution in [1.82, 2.24) is 14.9 Å². The summed E-state index contributed by atoms with van der Waals surface area (Å²) in [5, 5.41) is 23.3. The molecule has 0 radical (unpaired) electrons. The second kappa shape index (κ2) is 6.83. The molecule has 0 bridgehead atoms. The van der Waals surface area contributed by atoms with E-state index in [-0.39, 0.29) is 12.5 Å². The first-order chi connectivity index (χ1) is 12.6. The number of aliphatic hydroxyl groups is 2. The van der Waals surface area contributed by atoms with Crippen molar-refractivity contribution in [2.45, 2.75) is 50.2 Å². The van der Waals surface area contributed by atoms with Crippen molar-refractivity contribution < 1.29 is 19.7 Å². The standard InChI is InChI=1S/C19H23N3O4/c1-11-19(25)21-15-17(26-11)16(24)14(10-23)22-9-13(20-18(15)22)8-7-12-5-3-2-4-6-12/h2-6,9,11,14-17,23-24H,7-8,10H2,1H3,(H,21,25)/t11?,14?,15?,16-,17?/m1/s1. The minimum atomic E-state index is -0.920. The fourth-order valence-electron chi connectivity index (χ4n) is 3.79. The molecule has 1 aromatic heterocycles. The van der Waals surface area contributed by atoms with Crippen molar-refractivity contribution >= 4 is 5.91 Å². The number of imidazole rings is 1. The average molecular weight is 357 g/mol. The van der Waals surface area contributed by atoms with Gasteiger partial charge in [0.1, 0.15) is 30.2 Å². The van der Waals surface area contributed by atoms with Gasteiger partial charge in [-0.3, -0.25) is 4.79 Å². The molecule has 26 heavy (non-hydrogen) atoms. The number of benzene rings is 1. The lowest BCUT2D eigenvalue weighted by Gasteiger charge is -2.44. The number of nitrogens with one attached hydrogen (secondary N) is 1. The average Bonchev–Trinajstić information content (AvgIpc) is 3.07. The van der Waals surface area contributed by atoms with Gasteiger partial charge in [-0.05, 0) is 25.3 Å². The maximum Gasteiger partial charge on any atom is 0.249 e. The van der Waals surface area contributed by atoms with Gasteiger partial charge in [0.2, 0.25) is 5.91 Å². The highest BCUT2D eigenvalue weighted by Crippen LogP contribution is 2.36. The molecular formula is C19H23N3O4. The van der Waals surface area contributed by atoms with E-state index >= 15 is 0 Å². The zero-order chi connectivity index (χ0) is 18.3. The zero-order valence-corrected chi connectivity index (χ0v) is 14.6. The van der Waals surface area contributed by atoms with E-state index in [2.05, 4.69) is 22.4 Å². The Kier molecular flexibility index (Phi) is 4.52. The summed E-state index contributed by atoms with van der Waals surface area (Å²) in [7, 11) is 0. The summed E-state index contributed by atoms with van der Waals surface area (Å²) in [6.07, 6.45) is 1.28. The molecule has 1 aromatic carbocycles. The van der Waals surface area contributed by atoms with E-state index in [0.29, 0.717) is 5.82 Å². The van der Waals surface area contributed by atoms with E-state index in [9.17, 15) is 15.0 Å². The Bertz CT molecular complexity index is 791. The number of hydrogen-bond acceptors (Lipinski definition) is 5. The summed E-state index contributed by atoms with van der Waals surface area (Å²) in [5.41, 5.74) is 2.08. The number of hydrogen-bond donors (Lipinski definition) is 3. The molecule has 4 rings (SSSR count). The van der Waals surface area contributed by atoms with Gasteiger partial charge in [-0.2, -0.15) is 0 Å². The molecule has 0 spiro atoms. The van der Waals surface area contributed by atoms with E-state index in [1.165, 1.54) is 5.56 Å². The Labute approximate surface area is 151 Å². The Morgan fingerprint density at radius 2 is 2.04 bits per heavy atom. The molecule has 4 unspecified atom stereocenters. The molecule has 2 aromatic rings. The van der Waals surface area contributed by atoms with E-state index in [4.69, 9.17) is 4.74 Å². The molecule has 1 saturated heterocycles. The molecule has 1 fully saturated rings. The molecule has 3 N–H and O–H groups in total. The second-order valence-corrected chi connectivity index (χ2v) is 6.95. The lowest BCUT2D eigenvalue weighted by atomic mass is 9.92. The monoisotopic (exact) mass is 357 g/mol. The van der Waals surface area contributed by atoms with Gasteiger partial charge in [0.15, 0.2) is 0 Å². The Morgan fingerprint density at radius 3 is 2.77 bits per heavy atom. The van der Waals surface area contributed by atoms with Crippen LogP contribution in [-0.2, 0) is 22.4 Å². The topological polar surface area (TPSA) is 96.6 Å². The van der Waals surface area contributed by atoms with Crippen molar-refractivity contribution in [2.24, 2.45) is 0 Å². The molecule has 7 heteroatoms. The number of aromatic nitrogens is 2. The van der Waals surface area contributed by atoms with Gasteiger partial charge in [-0.1, -0.05) is 30.3 Å². The first-order valence-corrected chi connectivity index (χ1v) is 8.95. The predicted molar refractivity (Wildman–Crippen MR) is 93.4 cm³/mol. The lowest BCUT2D eigenvalue weighted by Crippen LogP contribution is -2.59. The molecule has 138 valence electrons. The van der Waals surface area contributed by atoms with Crippen LogP contribution in [0.25, 0.3) is 0 Å². The van der Waals surface area contributed by atoms with Gasteiger partial charge in [0.25, 0.3) is 0 Å². The minimum Gasteiger partial charge on any atom is -0.394 e. The molecule has 2 aliphatic rings. The molecule has 7 nitrogen and oxygen atoms in total. The third-order valence-corrected chi connectivity index (χ3v) is 5.23. The van der Waals surface area contributed by atoms with Crippen molar-refractivity contribution in [3.05, 3.63) is 53.6 Å². The SMILES string of the molecule is CC1OC2C(NC1=O)c1nc(CCc3ccccc3)cn1C(CO)[C@H]2O. The van der Waals surface area contributed by atoms with Crippen LogP contribution < -0.4 is 5.32 Å². The zero-order valence-electron chi connectivity index (χ0n) is 14.6. The van der Waals surface area contributed by atoms with E-state index in [1.54, 1.807) is 11.5 Å². The molecule has 2 aliphatic heterocycles. The summed E-state index contributed by atoms with van der Waals surface area (Å²) in [5.74, 6) is 0.406. The fourth-order valence-corrected chi connectivity index (χ4v) is 3.79. The third-order valence-electron chi connectivity index (χ3n) is 5.23. The van der Waals surface area contributed by atoms with Crippen molar-refractivity contribution in [1.29, 1.82) is 0 Å². The van der Waals surface area contributed by atoms with Crippen molar-refractivity contribution in [3.63, 3.8) is 0 Å². The number of carbonyl (C=O) groups excluding carboxylic acids is 1. The molecule has 3 heterocycles. The molecule has 5 atom stereocenters. The first kappa shape index (κ1) is 17.2. The summed E-state index contributed by atoms with van der Waals surface area (Å²) in [6.45, 7) is 1.43. The van der Waals surface area contributed by atoms with Crippen LogP contribution in [0.1, 0.15) is 36.1 Å². The van der Waals surface area contributed by atoms with Gasteiger partial charge in [0, 0.05) is 6.20 Å². The van der Waals surface area contributed by atoms with Gasteiger partial charge in [-0.15, -0.1) is 0 Å². The summed E-state index contributed by atoms with van der Waals surface area (Å²) in [4.78, 5) is 16.7. The van der Waals surface area contributed by atoms with Crippen molar-refractivity contribution in [2.75, 3.05) is 6.61 Å². The van der Waals surface area contributed by atoms with Gasteiger partial charge in [-0.25, -0.2) is 4.98 Å². The summed E-state index contributed by atoms with van der Waals surface area (Å²) in [6, 6.07) is 9.09. The molecule has 0 saturated carbocycles. The Balaban J connectivity index is 1.62. The first-order valence-electron chi connectivity index (χ1n) is 8.95. The van der Waals surface area contributed by atoms with Crippen LogP contribution in [0.5, 0.6) is 0 Å². The highest BCUT2D eigenvalue weighted by atomic mass is 16.5. The maximum atomic E-state index is 12.0. The van der Waals surface area contributed by atoms with Crippen LogP contribution in [0.2, 0.25) is 0 Å². The summed E-state index contributed by atoms with van der Waals surface area (Å²) < 4.78 is 7.50. The van der Waals surface area contributed by atoms with Crippen LogP contribution in [0, 0.1) is 0 Å². The fraction of sp³-hybridized carbons (Fsp3) is 0.474. The lowest BCUT2D eigenvalue weighted by molar-refractivity contribution is -0.169. The van der Waals surface area contributed by atoms with Gasteiger partial charge < -0.3 is 24.8 Å². The number of amides is 1. The van der Waals surface area contributed by atoms with Gasteiger partial charge >= 0.3 is 0 Å². The minimum absolute atomic E-state index is 0.221. The molecule has 1 amide bonds. The number of rotatable bonds is 4. The quantitative estimate of drug-likeness (QED) is 0.741. The third kappa shape index (κ3) is 2.92. The Hall–Kier alpha value is -2.22. The van der Waals surface area contributed by atoms with Crippen LogP contribution >= 0.6 is 0 Å². The largest absolute Gasteiger partial charge is 0.394 e. The Morgan fingerprint density at radius 1 is 1.27 bits per heavy atom. The smallest absolute Gasteiger partial charge is 0.249 e. The van der Waals surface area contributed by atoms with Crippen LogP contribution in [0.3, 0.4) is 0 Å². The number of fused-ring (bicyclic) bond motifs is 3. The van der Waals surface area contributed by atoms with Crippen LogP contribution in [0.15, 0.2) is 36.5 Å². The van der Waals surface area contributed by atoms with Crippen LogP contribution in [0.4, 0.5) is 0 Å².